The van der Waals surface area contributed by atoms with Crippen molar-refractivity contribution in [2.24, 2.45) is 0 Å². The van der Waals surface area contributed by atoms with Crippen LogP contribution in [-0.4, -0.2) is 55.1 Å². The molecule has 2 aromatic carbocycles. The number of hydrogen-bond acceptors (Lipinski definition) is 3. The fourth-order valence-corrected chi connectivity index (χ4v) is 5.77. The highest BCUT2D eigenvalue weighted by atomic mass is 127. The topological polar surface area (TPSA) is 9.72 Å². The molecule has 164 valence electrons. The molecule has 2 aromatic rings. The molecule has 0 N–H and O–H groups in total. The van der Waals surface area contributed by atoms with E-state index in [0.29, 0.717) is 6.04 Å². The lowest BCUT2D eigenvalue weighted by molar-refractivity contribution is 0.0838. The van der Waals surface area contributed by atoms with Gasteiger partial charge in [-0.05, 0) is 78.1 Å². The van der Waals surface area contributed by atoms with Crippen LogP contribution < -0.4 is 4.90 Å². The molecule has 2 heterocycles. The Balaban J connectivity index is 0.00000256. The Morgan fingerprint density at radius 3 is 2.13 bits per heavy atom. The van der Waals surface area contributed by atoms with E-state index in [2.05, 4.69) is 99.7 Å². The van der Waals surface area contributed by atoms with Gasteiger partial charge in [0.1, 0.15) is 0 Å². The number of nitrogens with zero attached hydrogens (tertiary/aromatic N) is 3. The molecule has 0 aliphatic carbocycles. The lowest BCUT2D eigenvalue weighted by atomic mass is 9.98. The summed E-state index contributed by atoms with van der Waals surface area (Å²) in [5, 5.41) is 0. The Kier molecular flexibility index (Phi) is 8.87. The third-order valence-electron chi connectivity index (χ3n) is 6.94. The van der Waals surface area contributed by atoms with Crippen LogP contribution in [0, 0.1) is 3.57 Å². The van der Waals surface area contributed by atoms with Gasteiger partial charge < -0.3 is 4.90 Å². The van der Waals surface area contributed by atoms with E-state index < -0.39 is 0 Å². The molecule has 2 aliphatic rings. The normalized spacial score (nSPS) is 20.0. The Hall–Kier alpha value is -0.820. The summed E-state index contributed by atoms with van der Waals surface area (Å²) in [7, 11) is 0. The van der Waals surface area contributed by atoms with Crippen LogP contribution in [0.2, 0.25) is 0 Å². The average molecular weight is 540 g/mol. The third kappa shape index (κ3) is 5.50. The van der Waals surface area contributed by atoms with Crippen molar-refractivity contribution in [2.45, 2.75) is 45.2 Å². The number of halogens is 2. The van der Waals surface area contributed by atoms with Crippen molar-refractivity contribution in [3.63, 3.8) is 0 Å². The first-order valence-corrected chi connectivity index (χ1v) is 12.3. The van der Waals surface area contributed by atoms with Gasteiger partial charge in [-0.1, -0.05) is 37.3 Å². The standard InChI is InChI=1S/C25H34IN3.ClH/c1-3-21-8-10-22(11-9-21)28-16-18-29(19-17-28)23-12-14-27(15-13-23)20(2)24-6-4-5-7-25(24)26;/h4-11,20,23H,3,12-19H2,1-2H3;1H. The second kappa shape index (κ2) is 11.2. The monoisotopic (exact) mass is 539 g/mol. The highest BCUT2D eigenvalue weighted by Crippen LogP contribution is 2.29. The second-order valence-electron chi connectivity index (χ2n) is 8.51. The number of rotatable bonds is 5. The Morgan fingerprint density at radius 1 is 0.900 bits per heavy atom. The number of piperazine rings is 1. The zero-order valence-corrected chi connectivity index (χ0v) is 21.2. The number of hydrogen-bond donors (Lipinski definition) is 0. The fraction of sp³-hybridized carbons (Fsp3) is 0.520. The third-order valence-corrected chi connectivity index (χ3v) is 7.92. The molecule has 30 heavy (non-hydrogen) atoms. The zero-order chi connectivity index (χ0) is 20.2. The molecule has 0 radical (unpaired) electrons. The highest BCUT2D eigenvalue weighted by Gasteiger charge is 2.29. The Bertz CT molecular complexity index is 781. The van der Waals surface area contributed by atoms with Gasteiger partial charge in [0, 0.05) is 60.6 Å². The zero-order valence-electron chi connectivity index (χ0n) is 18.3. The minimum Gasteiger partial charge on any atom is -0.369 e. The van der Waals surface area contributed by atoms with Crippen molar-refractivity contribution < 1.29 is 0 Å². The second-order valence-corrected chi connectivity index (χ2v) is 9.67. The quantitative estimate of drug-likeness (QED) is 0.457. The van der Waals surface area contributed by atoms with Crippen molar-refractivity contribution >= 4 is 40.7 Å². The molecule has 2 saturated heterocycles. The Labute approximate surface area is 202 Å². The van der Waals surface area contributed by atoms with Crippen molar-refractivity contribution in [3.8, 4) is 0 Å². The molecular weight excluding hydrogens is 505 g/mol. The molecule has 4 rings (SSSR count). The first-order valence-electron chi connectivity index (χ1n) is 11.2. The number of benzene rings is 2. The smallest absolute Gasteiger partial charge is 0.0367 e. The number of likely N-dealkylation sites (tertiary alicyclic amines) is 1. The summed E-state index contributed by atoms with van der Waals surface area (Å²) < 4.78 is 1.39. The summed E-state index contributed by atoms with van der Waals surface area (Å²) >= 11 is 2.48. The van der Waals surface area contributed by atoms with E-state index in [-0.39, 0.29) is 12.4 Å². The van der Waals surface area contributed by atoms with Crippen LogP contribution in [0.5, 0.6) is 0 Å². The van der Waals surface area contributed by atoms with E-state index in [1.54, 1.807) is 0 Å². The van der Waals surface area contributed by atoms with E-state index in [0.717, 1.165) is 25.6 Å². The maximum absolute atomic E-state index is 2.76. The number of piperidine rings is 1. The van der Waals surface area contributed by atoms with Crippen LogP contribution in [-0.2, 0) is 6.42 Å². The summed E-state index contributed by atoms with van der Waals surface area (Å²) in [6, 6.07) is 19.3. The average Bonchev–Trinajstić information content (AvgIpc) is 2.79. The van der Waals surface area contributed by atoms with Gasteiger partial charge in [0.05, 0.1) is 0 Å². The first kappa shape index (κ1) is 23.8. The van der Waals surface area contributed by atoms with Gasteiger partial charge in [-0.25, -0.2) is 0 Å². The van der Waals surface area contributed by atoms with Gasteiger partial charge in [0.25, 0.3) is 0 Å². The van der Waals surface area contributed by atoms with Gasteiger partial charge in [-0.15, -0.1) is 12.4 Å². The molecule has 1 unspecified atom stereocenters. The molecule has 5 heteroatoms. The van der Waals surface area contributed by atoms with Crippen LogP contribution in [0.15, 0.2) is 48.5 Å². The lowest BCUT2D eigenvalue weighted by Crippen LogP contribution is -2.53. The highest BCUT2D eigenvalue weighted by molar-refractivity contribution is 14.1. The van der Waals surface area contributed by atoms with Crippen LogP contribution in [0.3, 0.4) is 0 Å². The summed E-state index contributed by atoms with van der Waals surface area (Å²) in [6.45, 7) is 11.7. The molecule has 0 aromatic heterocycles. The number of anilines is 1. The van der Waals surface area contributed by atoms with Gasteiger partial charge in [0.15, 0.2) is 0 Å². The van der Waals surface area contributed by atoms with Gasteiger partial charge in [-0.3, -0.25) is 9.80 Å². The summed E-state index contributed by atoms with van der Waals surface area (Å²) in [5.74, 6) is 0. The molecule has 0 saturated carbocycles. The van der Waals surface area contributed by atoms with Crippen molar-refractivity contribution in [1.29, 1.82) is 0 Å². The Morgan fingerprint density at radius 2 is 1.53 bits per heavy atom. The molecule has 1 atom stereocenters. The molecule has 0 spiro atoms. The van der Waals surface area contributed by atoms with Crippen molar-refractivity contribution in [1.82, 2.24) is 9.80 Å². The minimum absolute atomic E-state index is 0. The van der Waals surface area contributed by atoms with E-state index in [1.165, 1.54) is 59.4 Å². The molecule has 2 aliphatic heterocycles. The largest absolute Gasteiger partial charge is 0.369 e. The summed E-state index contributed by atoms with van der Waals surface area (Å²) in [4.78, 5) is 8.00. The minimum atomic E-state index is 0. The van der Waals surface area contributed by atoms with Crippen molar-refractivity contribution in [2.75, 3.05) is 44.2 Å². The van der Waals surface area contributed by atoms with Crippen LogP contribution >= 0.6 is 35.0 Å². The van der Waals surface area contributed by atoms with Crippen LogP contribution in [0.1, 0.15) is 43.9 Å². The maximum atomic E-state index is 2.76. The summed E-state index contributed by atoms with van der Waals surface area (Å²) in [6.07, 6.45) is 3.73. The first-order chi connectivity index (χ1) is 14.2. The number of aryl methyl sites for hydroxylation is 1. The van der Waals surface area contributed by atoms with E-state index >= 15 is 0 Å². The maximum Gasteiger partial charge on any atom is 0.0367 e. The van der Waals surface area contributed by atoms with E-state index in [4.69, 9.17) is 0 Å². The van der Waals surface area contributed by atoms with Crippen LogP contribution in [0.25, 0.3) is 0 Å². The molecule has 3 nitrogen and oxygen atoms in total. The van der Waals surface area contributed by atoms with Crippen LogP contribution in [0.4, 0.5) is 5.69 Å². The SMILES string of the molecule is CCc1ccc(N2CCN(C3CCN(C(C)c4ccccc4I)CC3)CC2)cc1.Cl. The van der Waals surface area contributed by atoms with Gasteiger partial charge >= 0.3 is 0 Å². The van der Waals surface area contributed by atoms with E-state index in [9.17, 15) is 0 Å². The van der Waals surface area contributed by atoms with E-state index in [1.807, 2.05) is 0 Å². The predicted octanol–water partition coefficient (Wildman–Crippen LogP) is 5.62. The fourth-order valence-electron chi connectivity index (χ4n) is 4.94. The molecule has 0 bridgehead atoms. The van der Waals surface area contributed by atoms with Crippen molar-refractivity contribution in [3.05, 3.63) is 63.2 Å². The molecule has 0 amide bonds. The lowest BCUT2D eigenvalue weighted by Gasteiger charge is -2.44. The van der Waals surface area contributed by atoms with Gasteiger partial charge in [0.2, 0.25) is 0 Å². The molecular formula is C25H35ClIN3. The summed E-state index contributed by atoms with van der Waals surface area (Å²) in [5.41, 5.74) is 4.30. The van der Waals surface area contributed by atoms with Gasteiger partial charge in [-0.2, -0.15) is 0 Å². The predicted molar refractivity (Wildman–Crippen MR) is 139 cm³/mol. The molecule has 2 fully saturated rings.